The summed E-state index contributed by atoms with van der Waals surface area (Å²) >= 11 is 0. The van der Waals surface area contributed by atoms with E-state index in [1.165, 1.54) is 47.0 Å². The van der Waals surface area contributed by atoms with E-state index in [-0.39, 0.29) is 22.3 Å². The predicted octanol–water partition coefficient (Wildman–Crippen LogP) is 3.68. The van der Waals surface area contributed by atoms with Crippen molar-refractivity contribution in [2.45, 2.75) is 12.9 Å². The van der Waals surface area contributed by atoms with Gasteiger partial charge in [0, 0.05) is 49.5 Å². The Balaban J connectivity index is 1.41. The molecule has 1 aliphatic heterocycles. The van der Waals surface area contributed by atoms with Gasteiger partial charge in [-0.3, -0.25) is 14.5 Å². The van der Waals surface area contributed by atoms with Crippen LogP contribution in [0.4, 0.5) is 18.9 Å². The molecule has 1 heterocycles. The van der Waals surface area contributed by atoms with Crippen LogP contribution in [0.3, 0.4) is 0 Å². The summed E-state index contributed by atoms with van der Waals surface area (Å²) in [7, 11) is -3.19. The van der Waals surface area contributed by atoms with Crippen LogP contribution in [0.15, 0.2) is 66.7 Å². The summed E-state index contributed by atoms with van der Waals surface area (Å²) in [5, 5.41) is 2.77. The minimum absolute atomic E-state index is 0.132. The Morgan fingerprint density at radius 1 is 0.950 bits per heavy atom. The quantitative estimate of drug-likeness (QED) is 0.422. The highest BCUT2D eigenvalue weighted by molar-refractivity contribution is 7.88. The van der Waals surface area contributed by atoms with E-state index in [4.69, 9.17) is 5.73 Å². The van der Waals surface area contributed by atoms with Crippen molar-refractivity contribution in [1.82, 2.24) is 9.21 Å². The maximum absolute atomic E-state index is 12.9. The van der Waals surface area contributed by atoms with Crippen LogP contribution in [0.25, 0.3) is 11.1 Å². The van der Waals surface area contributed by atoms with E-state index < -0.39 is 33.9 Å². The first-order valence-corrected chi connectivity index (χ1v) is 14.0. The number of nitrogens with two attached hydrogens (primary N) is 1. The Morgan fingerprint density at radius 3 is 2.12 bits per heavy atom. The topological polar surface area (TPSA) is 122 Å². The largest absolute Gasteiger partial charge is 0.573 e. The first-order valence-electron chi connectivity index (χ1n) is 12.2. The molecule has 0 saturated carbocycles. The van der Waals surface area contributed by atoms with Gasteiger partial charge in [-0.25, -0.2) is 8.42 Å². The molecule has 0 unspecified atom stereocenters. The molecule has 1 aliphatic rings. The molecule has 40 heavy (non-hydrogen) atoms. The zero-order chi connectivity index (χ0) is 29.1. The summed E-state index contributed by atoms with van der Waals surface area (Å²) in [6.07, 6.45) is -3.77. The summed E-state index contributed by atoms with van der Waals surface area (Å²) in [4.78, 5) is 26.8. The van der Waals surface area contributed by atoms with Crippen LogP contribution < -0.4 is 15.8 Å². The summed E-state index contributed by atoms with van der Waals surface area (Å²) < 4.78 is 67.7. The molecular formula is C27H27F3N4O5S. The van der Waals surface area contributed by atoms with Gasteiger partial charge in [0.2, 0.25) is 15.9 Å². The van der Waals surface area contributed by atoms with Crippen LogP contribution in [0.2, 0.25) is 0 Å². The fourth-order valence-corrected chi connectivity index (χ4v) is 5.23. The van der Waals surface area contributed by atoms with Crippen LogP contribution in [-0.2, 0) is 16.6 Å². The lowest BCUT2D eigenvalue weighted by molar-refractivity contribution is -0.274. The lowest BCUT2D eigenvalue weighted by Gasteiger charge is -2.33. The lowest BCUT2D eigenvalue weighted by atomic mass is 9.97. The third-order valence-corrected chi connectivity index (χ3v) is 7.67. The number of alkyl halides is 3. The molecule has 4 rings (SSSR count). The molecule has 2 amide bonds. The first-order chi connectivity index (χ1) is 18.8. The van der Waals surface area contributed by atoms with Gasteiger partial charge in [0.05, 0.1) is 11.8 Å². The van der Waals surface area contributed by atoms with Crippen molar-refractivity contribution in [3.63, 3.8) is 0 Å². The second-order valence-corrected chi connectivity index (χ2v) is 11.2. The number of anilines is 1. The molecule has 1 fully saturated rings. The standard InChI is InChI=1S/C27H27F3N4O5S/c1-40(37,38)34-15-13-33(14-16-34)17-18-5-11-21(12-6-18)32-26(36)20-9-7-19(8-10-20)24-22(25(31)35)3-2-4-23(24)39-27(28,29)30/h2-12H,13-17H2,1H3,(H2,31,35)(H,32,36). The third-order valence-electron chi connectivity index (χ3n) is 6.37. The third kappa shape index (κ3) is 7.37. The fourth-order valence-electron chi connectivity index (χ4n) is 4.41. The van der Waals surface area contributed by atoms with Crippen molar-refractivity contribution in [3.05, 3.63) is 83.4 Å². The number of piperazine rings is 1. The van der Waals surface area contributed by atoms with E-state index in [1.54, 1.807) is 12.1 Å². The molecular weight excluding hydrogens is 549 g/mol. The molecule has 0 bridgehead atoms. The molecule has 3 N–H and O–H groups in total. The molecule has 0 aliphatic carbocycles. The lowest BCUT2D eigenvalue weighted by Crippen LogP contribution is -2.47. The number of ether oxygens (including phenoxy) is 1. The summed E-state index contributed by atoms with van der Waals surface area (Å²) in [6, 6.07) is 16.5. The second kappa shape index (κ2) is 11.7. The van der Waals surface area contributed by atoms with Gasteiger partial charge in [-0.05, 0) is 47.5 Å². The Labute approximate surface area is 229 Å². The van der Waals surface area contributed by atoms with Gasteiger partial charge in [0.25, 0.3) is 5.91 Å². The number of benzene rings is 3. The maximum atomic E-state index is 12.9. The van der Waals surface area contributed by atoms with Crippen molar-refractivity contribution < 1.29 is 35.9 Å². The van der Waals surface area contributed by atoms with E-state index >= 15 is 0 Å². The minimum Gasteiger partial charge on any atom is -0.405 e. The summed E-state index contributed by atoms with van der Waals surface area (Å²) in [5.41, 5.74) is 7.08. The zero-order valence-corrected chi connectivity index (χ0v) is 22.3. The van der Waals surface area contributed by atoms with Crippen LogP contribution >= 0.6 is 0 Å². The molecule has 0 radical (unpaired) electrons. The fraction of sp³-hybridized carbons (Fsp3) is 0.259. The number of carbonyl (C=O) groups excluding carboxylic acids is 2. The molecule has 0 aromatic heterocycles. The number of primary amides is 1. The van der Waals surface area contributed by atoms with Crippen molar-refractivity contribution in [2.75, 3.05) is 37.8 Å². The number of hydrogen-bond donors (Lipinski definition) is 2. The Hall–Kier alpha value is -3.94. The zero-order valence-electron chi connectivity index (χ0n) is 21.4. The van der Waals surface area contributed by atoms with Crippen LogP contribution in [0.1, 0.15) is 26.3 Å². The van der Waals surface area contributed by atoms with Gasteiger partial charge in [0.15, 0.2) is 0 Å². The van der Waals surface area contributed by atoms with Crippen LogP contribution in [0, 0.1) is 0 Å². The maximum Gasteiger partial charge on any atom is 0.573 e. The van der Waals surface area contributed by atoms with E-state index in [2.05, 4.69) is 15.0 Å². The van der Waals surface area contributed by atoms with E-state index in [9.17, 15) is 31.2 Å². The Bertz CT molecular complexity index is 1490. The van der Waals surface area contributed by atoms with Gasteiger partial charge in [-0.1, -0.05) is 30.3 Å². The summed E-state index contributed by atoms with van der Waals surface area (Å²) in [6.45, 7) is 2.76. The SMILES string of the molecule is CS(=O)(=O)N1CCN(Cc2ccc(NC(=O)c3ccc(-c4c(OC(F)(F)F)cccc4C(N)=O)cc3)cc2)CC1. The average molecular weight is 577 g/mol. The number of amides is 2. The molecule has 0 atom stereocenters. The Morgan fingerprint density at radius 2 is 1.57 bits per heavy atom. The predicted molar refractivity (Wildman–Crippen MR) is 143 cm³/mol. The van der Waals surface area contributed by atoms with E-state index in [0.717, 1.165) is 11.6 Å². The smallest absolute Gasteiger partial charge is 0.405 e. The van der Waals surface area contributed by atoms with Gasteiger partial charge < -0.3 is 15.8 Å². The number of nitrogens with one attached hydrogen (secondary N) is 1. The highest BCUT2D eigenvalue weighted by Gasteiger charge is 2.33. The van der Waals surface area contributed by atoms with Gasteiger partial charge in [-0.2, -0.15) is 4.31 Å². The first kappa shape index (κ1) is 29.1. The molecule has 3 aromatic carbocycles. The Kier molecular flexibility index (Phi) is 8.47. The molecule has 212 valence electrons. The monoisotopic (exact) mass is 576 g/mol. The van der Waals surface area contributed by atoms with Gasteiger partial charge >= 0.3 is 6.36 Å². The van der Waals surface area contributed by atoms with Crippen LogP contribution in [0.5, 0.6) is 5.75 Å². The number of hydrogen-bond acceptors (Lipinski definition) is 6. The second-order valence-electron chi connectivity index (χ2n) is 9.26. The number of rotatable bonds is 8. The number of carbonyl (C=O) groups is 2. The van der Waals surface area contributed by atoms with Crippen LogP contribution in [-0.4, -0.2) is 68.2 Å². The van der Waals surface area contributed by atoms with E-state index in [1.807, 2.05) is 12.1 Å². The summed E-state index contributed by atoms with van der Waals surface area (Å²) in [5.74, 6) is -1.95. The van der Waals surface area contributed by atoms with Crippen molar-refractivity contribution in [2.24, 2.45) is 5.73 Å². The molecule has 1 saturated heterocycles. The molecule has 9 nitrogen and oxygen atoms in total. The van der Waals surface area contributed by atoms with Crippen molar-refractivity contribution in [1.29, 1.82) is 0 Å². The van der Waals surface area contributed by atoms with Gasteiger partial charge in [0.1, 0.15) is 5.75 Å². The molecule has 13 heteroatoms. The minimum atomic E-state index is -4.98. The molecule has 3 aromatic rings. The normalized spacial score (nSPS) is 15.0. The van der Waals surface area contributed by atoms with Crippen molar-refractivity contribution >= 4 is 27.5 Å². The van der Waals surface area contributed by atoms with Gasteiger partial charge in [-0.15, -0.1) is 13.2 Å². The number of nitrogens with zero attached hydrogens (tertiary/aromatic N) is 2. The number of halogens is 3. The van der Waals surface area contributed by atoms with E-state index in [0.29, 0.717) is 38.4 Å². The van der Waals surface area contributed by atoms with Crippen molar-refractivity contribution in [3.8, 4) is 16.9 Å². The number of sulfonamides is 1. The highest BCUT2D eigenvalue weighted by Crippen LogP contribution is 2.36. The molecule has 0 spiro atoms. The highest BCUT2D eigenvalue weighted by atomic mass is 32.2. The average Bonchev–Trinajstić information content (AvgIpc) is 2.88.